The number of benzene rings is 7. The van der Waals surface area contributed by atoms with Gasteiger partial charge in [-0.05, 0) is 98.1 Å². The first-order valence-corrected chi connectivity index (χ1v) is 17.2. The predicted octanol–water partition coefficient (Wildman–Crippen LogP) is 12.2. The molecule has 1 atom stereocenters. The summed E-state index contributed by atoms with van der Waals surface area (Å²) in [5, 5.41) is 0. The Labute approximate surface area is 292 Å². The van der Waals surface area contributed by atoms with E-state index < -0.39 is 5.41 Å². The molecule has 2 heteroatoms. The van der Waals surface area contributed by atoms with Crippen molar-refractivity contribution in [1.29, 1.82) is 0 Å². The highest BCUT2D eigenvalue weighted by molar-refractivity contribution is 6.02. The summed E-state index contributed by atoms with van der Waals surface area (Å²) in [4.78, 5) is 6.89. The first-order valence-electron chi connectivity index (χ1n) is 17.2. The van der Waals surface area contributed by atoms with Gasteiger partial charge >= 0.3 is 0 Å². The Hall–Kier alpha value is -6.51. The van der Waals surface area contributed by atoms with Crippen LogP contribution in [0.15, 0.2) is 194 Å². The fourth-order valence-electron chi connectivity index (χ4n) is 8.61. The van der Waals surface area contributed by atoms with Gasteiger partial charge in [-0.15, -0.1) is 0 Å². The van der Waals surface area contributed by atoms with E-state index in [-0.39, 0.29) is 0 Å². The molecule has 0 aliphatic heterocycles. The molecule has 2 aliphatic carbocycles. The molecule has 1 heterocycles. The Kier molecular flexibility index (Phi) is 6.43. The third-order valence-corrected chi connectivity index (χ3v) is 10.6. The zero-order valence-corrected chi connectivity index (χ0v) is 27.4. The van der Waals surface area contributed by atoms with E-state index >= 15 is 0 Å². The third kappa shape index (κ3) is 4.06. The standard InChI is InChI=1S/C48H32N2/c1-3-16-35(17-4-1)50(36-18-5-2-6-19-36)46-27-13-26-45-47(46)40-23-10-12-25-43(40)48(45)42-24-11-9-22-39(42)37-20-7-8-21-38(37)41-31-33(28-29-44(41)48)34-15-14-30-49-32-34/h1-32H. The van der Waals surface area contributed by atoms with Crippen molar-refractivity contribution in [3.05, 3.63) is 217 Å². The van der Waals surface area contributed by atoms with Crippen molar-refractivity contribution in [3.8, 4) is 44.5 Å². The van der Waals surface area contributed by atoms with Gasteiger partial charge < -0.3 is 4.90 Å². The van der Waals surface area contributed by atoms with Gasteiger partial charge in [0.05, 0.1) is 11.1 Å². The molecule has 0 saturated carbocycles. The summed E-state index contributed by atoms with van der Waals surface area (Å²) < 4.78 is 0. The summed E-state index contributed by atoms with van der Waals surface area (Å²) in [5.41, 5.74) is 17.8. The van der Waals surface area contributed by atoms with Crippen LogP contribution in [0.3, 0.4) is 0 Å². The van der Waals surface area contributed by atoms with Gasteiger partial charge in [0.25, 0.3) is 0 Å². The normalized spacial score (nSPS) is 14.9. The van der Waals surface area contributed by atoms with Gasteiger partial charge in [0.15, 0.2) is 0 Å². The highest BCUT2D eigenvalue weighted by Crippen LogP contribution is 2.63. The SMILES string of the molecule is c1ccc(N(c2ccccc2)c2cccc3c2-c2ccccc2C32c3ccccc3-c3ccccc3-c3cc(-c4cccnc4)ccc32)cc1. The van der Waals surface area contributed by atoms with Crippen LogP contribution in [0.25, 0.3) is 44.5 Å². The molecule has 2 nitrogen and oxygen atoms in total. The second-order valence-electron chi connectivity index (χ2n) is 13.1. The van der Waals surface area contributed by atoms with Gasteiger partial charge in [0, 0.05) is 34.9 Å². The molecular formula is C48H32N2. The van der Waals surface area contributed by atoms with Crippen molar-refractivity contribution in [1.82, 2.24) is 4.98 Å². The van der Waals surface area contributed by atoms with E-state index in [9.17, 15) is 0 Å². The minimum absolute atomic E-state index is 0.570. The van der Waals surface area contributed by atoms with Crippen LogP contribution in [0.1, 0.15) is 22.3 Å². The first kappa shape index (κ1) is 28.5. The summed E-state index contributed by atoms with van der Waals surface area (Å²) in [6.45, 7) is 0. The molecule has 0 amide bonds. The van der Waals surface area contributed by atoms with Gasteiger partial charge in [0.2, 0.25) is 0 Å². The van der Waals surface area contributed by atoms with Crippen LogP contribution in [0, 0.1) is 0 Å². The number of aromatic nitrogens is 1. The average molecular weight is 637 g/mol. The summed E-state index contributed by atoms with van der Waals surface area (Å²) in [5.74, 6) is 0. The van der Waals surface area contributed by atoms with E-state index in [0.717, 1.165) is 28.2 Å². The second-order valence-corrected chi connectivity index (χ2v) is 13.1. The molecule has 7 aromatic carbocycles. The lowest BCUT2D eigenvalue weighted by molar-refractivity contribution is 0.775. The van der Waals surface area contributed by atoms with Crippen LogP contribution in [0.5, 0.6) is 0 Å². The number of anilines is 3. The van der Waals surface area contributed by atoms with Gasteiger partial charge in [-0.2, -0.15) is 0 Å². The quantitative estimate of drug-likeness (QED) is 0.191. The smallest absolute Gasteiger partial charge is 0.0726 e. The number of rotatable bonds is 4. The Morgan fingerprint density at radius 3 is 1.62 bits per heavy atom. The predicted molar refractivity (Wildman–Crippen MR) is 206 cm³/mol. The molecular weight excluding hydrogens is 605 g/mol. The summed E-state index contributed by atoms with van der Waals surface area (Å²) in [6, 6.07) is 66.7. The number of para-hydroxylation sites is 2. The molecule has 0 N–H and O–H groups in total. The average Bonchev–Trinajstić information content (AvgIpc) is 3.45. The molecule has 0 radical (unpaired) electrons. The van der Waals surface area contributed by atoms with Crippen LogP contribution in [0.2, 0.25) is 0 Å². The molecule has 8 aromatic rings. The highest BCUT2D eigenvalue weighted by Gasteiger charge is 2.50. The molecule has 2 aliphatic rings. The maximum Gasteiger partial charge on any atom is 0.0726 e. The molecule has 234 valence electrons. The Bertz CT molecular complexity index is 2500. The van der Waals surface area contributed by atoms with Crippen molar-refractivity contribution in [2.45, 2.75) is 5.41 Å². The van der Waals surface area contributed by atoms with E-state index in [1.165, 1.54) is 55.6 Å². The van der Waals surface area contributed by atoms with Gasteiger partial charge in [0.1, 0.15) is 0 Å². The van der Waals surface area contributed by atoms with Crippen LogP contribution in [-0.4, -0.2) is 4.98 Å². The topological polar surface area (TPSA) is 16.1 Å². The van der Waals surface area contributed by atoms with Crippen molar-refractivity contribution in [3.63, 3.8) is 0 Å². The lowest BCUT2D eigenvalue weighted by Gasteiger charge is -2.36. The monoisotopic (exact) mass is 636 g/mol. The van der Waals surface area contributed by atoms with Crippen LogP contribution >= 0.6 is 0 Å². The Morgan fingerprint density at radius 2 is 0.940 bits per heavy atom. The molecule has 50 heavy (non-hydrogen) atoms. The van der Waals surface area contributed by atoms with Crippen molar-refractivity contribution < 1.29 is 0 Å². The largest absolute Gasteiger partial charge is 0.310 e. The third-order valence-electron chi connectivity index (χ3n) is 10.6. The Balaban J connectivity index is 1.35. The molecule has 0 fully saturated rings. The zero-order chi connectivity index (χ0) is 33.1. The van der Waals surface area contributed by atoms with E-state index in [0.29, 0.717) is 0 Å². The maximum atomic E-state index is 4.47. The lowest BCUT2D eigenvalue weighted by Crippen LogP contribution is -2.29. The van der Waals surface area contributed by atoms with E-state index in [1.807, 2.05) is 18.5 Å². The fourth-order valence-corrected chi connectivity index (χ4v) is 8.61. The molecule has 1 unspecified atom stereocenters. The number of hydrogen-bond donors (Lipinski definition) is 0. The van der Waals surface area contributed by atoms with Gasteiger partial charge in [-0.1, -0.05) is 140 Å². The van der Waals surface area contributed by atoms with E-state index in [1.54, 1.807) is 0 Å². The number of pyridine rings is 1. The fraction of sp³-hybridized carbons (Fsp3) is 0.0208. The molecule has 1 aromatic heterocycles. The number of hydrogen-bond acceptors (Lipinski definition) is 2. The minimum Gasteiger partial charge on any atom is -0.310 e. The summed E-state index contributed by atoms with van der Waals surface area (Å²) >= 11 is 0. The van der Waals surface area contributed by atoms with Crippen LogP contribution in [0.4, 0.5) is 17.1 Å². The molecule has 0 bridgehead atoms. The van der Waals surface area contributed by atoms with Gasteiger partial charge in [-0.25, -0.2) is 0 Å². The number of fused-ring (bicyclic) bond motifs is 12. The first-order chi connectivity index (χ1) is 24.8. The van der Waals surface area contributed by atoms with Crippen LogP contribution < -0.4 is 4.90 Å². The van der Waals surface area contributed by atoms with E-state index in [2.05, 4.69) is 186 Å². The van der Waals surface area contributed by atoms with E-state index in [4.69, 9.17) is 0 Å². The lowest BCUT2D eigenvalue weighted by atomic mass is 9.65. The number of nitrogens with zero attached hydrogens (tertiary/aromatic N) is 2. The van der Waals surface area contributed by atoms with Gasteiger partial charge in [-0.3, -0.25) is 4.98 Å². The highest BCUT2D eigenvalue weighted by atomic mass is 15.1. The van der Waals surface area contributed by atoms with Crippen molar-refractivity contribution >= 4 is 17.1 Å². The van der Waals surface area contributed by atoms with Crippen molar-refractivity contribution in [2.24, 2.45) is 0 Å². The molecule has 1 spiro atoms. The van der Waals surface area contributed by atoms with Crippen molar-refractivity contribution in [2.75, 3.05) is 4.90 Å². The minimum atomic E-state index is -0.570. The molecule has 10 rings (SSSR count). The Morgan fingerprint density at radius 1 is 0.380 bits per heavy atom. The molecule has 0 saturated heterocycles. The van der Waals surface area contributed by atoms with Crippen LogP contribution in [-0.2, 0) is 5.41 Å². The summed E-state index contributed by atoms with van der Waals surface area (Å²) in [7, 11) is 0. The summed E-state index contributed by atoms with van der Waals surface area (Å²) in [6.07, 6.45) is 3.80. The maximum absolute atomic E-state index is 4.47. The second kappa shape index (κ2) is 11.3. The zero-order valence-electron chi connectivity index (χ0n) is 27.4.